The molecule has 0 aliphatic carbocycles. The Hall–Kier alpha value is -3.36. The third-order valence-electron chi connectivity index (χ3n) is 6.37. The lowest BCUT2D eigenvalue weighted by Gasteiger charge is -2.35. The van der Waals surface area contributed by atoms with E-state index in [0.717, 1.165) is 30.8 Å². The zero-order valence-corrected chi connectivity index (χ0v) is 20.8. The molecule has 2 aromatic rings. The van der Waals surface area contributed by atoms with Gasteiger partial charge in [-0.15, -0.1) is 0 Å². The molecule has 3 amide bonds. The Morgan fingerprint density at radius 3 is 2.46 bits per heavy atom. The summed E-state index contributed by atoms with van der Waals surface area (Å²) in [7, 11) is 3.91. The van der Waals surface area contributed by atoms with Crippen LogP contribution in [0.5, 0.6) is 5.75 Å². The first-order chi connectivity index (χ1) is 16.8. The van der Waals surface area contributed by atoms with Gasteiger partial charge in [0.25, 0.3) is 17.7 Å². The first kappa shape index (κ1) is 24.8. The van der Waals surface area contributed by atoms with Crippen molar-refractivity contribution in [1.82, 2.24) is 9.80 Å². The molecule has 0 aromatic heterocycles. The maximum absolute atomic E-state index is 13.1. The second-order valence-electron chi connectivity index (χ2n) is 8.72. The van der Waals surface area contributed by atoms with Crippen LogP contribution in [0.4, 0.5) is 11.4 Å². The van der Waals surface area contributed by atoms with Crippen LogP contribution in [0.2, 0.25) is 0 Å². The predicted octanol–water partition coefficient (Wildman–Crippen LogP) is 3.69. The summed E-state index contributed by atoms with van der Waals surface area (Å²) in [5, 5.41) is 2.75. The zero-order chi connectivity index (χ0) is 25.1. The average molecular weight is 497 g/mol. The van der Waals surface area contributed by atoms with Crippen molar-refractivity contribution in [3.63, 3.8) is 0 Å². The highest BCUT2D eigenvalue weighted by atomic mass is 35.5. The number of ether oxygens (including phenoxy) is 1. The molecule has 1 saturated heterocycles. The van der Waals surface area contributed by atoms with E-state index in [1.54, 1.807) is 53.4 Å². The molecule has 35 heavy (non-hydrogen) atoms. The molecular formula is C26H29ClN4O4. The SMILES string of the molecule is CCOc1ccc(N2C(=O)C(Cl)=C(Nc3cccc(C(=O)N(C)C4CCN(C)CC4)c3)C2=O)cc1. The number of piperidine rings is 1. The van der Waals surface area contributed by atoms with Crippen LogP contribution in [0.3, 0.4) is 0 Å². The summed E-state index contributed by atoms with van der Waals surface area (Å²) in [4.78, 5) is 44.0. The van der Waals surface area contributed by atoms with E-state index in [4.69, 9.17) is 16.3 Å². The van der Waals surface area contributed by atoms with Crippen molar-refractivity contribution in [1.29, 1.82) is 0 Å². The van der Waals surface area contributed by atoms with Crippen molar-refractivity contribution in [2.75, 3.05) is 44.0 Å². The molecule has 9 heteroatoms. The first-order valence-corrected chi connectivity index (χ1v) is 12.0. The predicted molar refractivity (Wildman–Crippen MR) is 136 cm³/mol. The van der Waals surface area contributed by atoms with E-state index in [-0.39, 0.29) is 22.7 Å². The number of hydrogen-bond donors (Lipinski definition) is 1. The molecule has 184 valence electrons. The van der Waals surface area contributed by atoms with Gasteiger partial charge in [0.05, 0.1) is 12.3 Å². The summed E-state index contributed by atoms with van der Waals surface area (Å²) in [5.74, 6) is -0.630. The fourth-order valence-corrected chi connectivity index (χ4v) is 4.54. The Morgan fingerprint density at radius 2 is 1.80 bits per heavy atom. The second kappa shape index (κ2) is 10.5. The Balaban J connectivity index is 1.49. The monoisotopic (exact) mass is 496 g/mol. The van der Waals surface area contributed by atoms with Crippen LogP contribution >= 0.6 is 11.6 Å². The topological polar surface area (TPSA) is 82.2 Å². The second-order valence-corrected chi connectivity index (χ2v) is 9.10. The number of nitrogens with zero attached hydrogens (tertiary/aromatic N) is 3. The van der Waals surface area contributed by atoms with Crippen molar-refractivity contribution in [2.45, 2.75) is 25.8 Å². The van der Waals surface area contributed by atoms with Gasteiger partial charge in [-0.2, -0.15) is 0 Å². The molecule has 2 aromatic carbocycles. The Bertz CT molecular complexity index is 1160. The van der Waals surface area contributed by atoms with Gasteiger partial charge in [0, 0.05) is 24.3 Å². The fraction of sp³-hybridized carbons (Fsp3) is 0.346. The van der Waals surface area contributed by atoms with Crippen molar-refractivity contribution in [2.24, 2.45) is 0 Å². The molecule has 1 N–H and O–H groups in total. The molecule has 0 bridgehead atoms. The number of benzene rings is 2. The van der Waals surface area contributed by atoms with Gasteiger partial charge >= 0.3 is 0 Å². The largest absolute Gasteiger partial charge is 0.494 e. The van der Waals surface area contributed by atoms with Gasteiger partial charge in [0.1, 0.15) is 16.5 Å². The average Bonchev–Trinajstić information content (AvgIpc) is 3.07. The highest BCUT2D eigenvalue weighted by Crippen LogP contribution is 2.31. The van der Waals surface area contributed by atoms with Crippen LogP contribution in [0, 0.1) is 0 Å². The Kier molecular flexibility index (Phi) is 7.42. The van der Waals surface area contributed by atoms with Crippen molar-refractivity contribution >= 4 is 40.7 Å². The van der Waals surface area contributed by atoms with Gasteiger partial charge in [0.15, 0.2) is 0 Å². The van der Waals surface area contributed by atoms with Crippen LogP contribution in [0.25, 0.3) is 0 Å². The maximum Gasteiger partial charge on any atom is 0.283 e. The lowest BCUT2D eigenvalue weighted by atomic mass is 10.0. The number of rotatable bonds is 7. The van der Waals surface area contributed by atoms with Crippen molar-refractivity contribution < 1.29 is 19.1 Å². The quantitative estimate of drug-likeness (QED) is 0.589. The van der Waals surface area contributed by atoms with E-state index < -0.39 is 11.8 Å². The summed E-state index contributed by atoms with van der Waals surface area (Å²) in [6.07, 6.45) is 1.86. The molecule has 2 aliphatic rings. The van der Waals surface area contributed by atoms with Gasteiger partial charge in [-0.05, 0) is 82.4 Å². The number of carbonyl (C=O) groups is 3. The smallest absolute Gasteiger partial charge is 0.283 e. The van der Waals surface area contributed by atoms with E-state index in [1.807, 2.05) is 14.0 Å². The minimum atomic E-state index is -0.613. The number of halogens is 1. The minimum Gasteiger partial charge on any atom is -0.494 e. The third kappa shape index (κ3) is 5.18. The highest BCUT2D eigenvalue weighted by molar-refractivity contribution is 6.53. The number of likely N-dealkylation sites (tertiary alicyclic amines) is 1. The molecule has 0 unspecified atom stereocenters. The van der Waals surface area contributed by atoms with E-state index in [9.17, 15) is 14.4 Å². The van der Waals surface area contributed by atoms with Crippen molar-refractivity contribution in [3.8, 4) is 5.75 Å². The number of carbonyl (C=O) groups excluding carboxylic acids is 3. The molecular weight excluding hydrogens is 468 g/mol. The molecule has 4 rings (SSSR count). The van der Waals surface area contributed by atoms with Gasteiger partial charge in [-0.25, -0.2) is 4.90 Å². The normalized spacial score (nSPS) is 17.2. The van der Waals surface area contributed by atoms with Crippen LogP contribution in [-0.4, -0.2) is 67.4 Å². The number of imide groups is 1. The lowest BCUT2D eigenvalue weighted by Crippen LogP contribution is -2.44. The summed E-state index contributed by atoms with van der Waals surface area (Å²) in [6, 6.07) is 13.7. The molecule has 8 nitrogen and oxygen atoms in total. The summed E-state index contributed by atoms with van der Waals surface area (Å²) in [6.45, 7) is 4.30. The van der Waals surface area contributed by atoms with Crippen LogP contribution in [-0.2, 0) is 9.59 Å². The van der Waals surface area contributed by atoms with Crippen LogP contribution < -0.4 is 15.0 Å². The van der Waals surface area contributed by atoms with Crippen LogP contribution in [0.1, 0.15) is 30.1 Å². The number of amides is 3. The molecule has 0 spiro atoms. The third-order valence-corrected chi connectivity index (χ3v) is 6.72. The van der Waals surface area contributed by atoms with Crippen molar-refractivity contribution in [3.05, 3.63) is 64.8 Å². The van der Waals surface area contributed by atoms with E-state index >= 15 is 0 Å². The highest BCUT2D eigenvalue weighted by Gasteiger charge is 2.39. The zero-order valence-electron chi connectivity index (χ0n) is 20.1. The molecule has 0 atom stereocenters. The van der Waals surface area contributed by atoms with E-state index in [2.05, 4.69) is 17.3 Å². The summed E-state index contributed by atoms with van der Waals surface area (Å²) < 4.78 is 5.42. The summed E-state index contributed by atoms with van der Waals surface area (Å²) >= 11 is 6.27. The summed E-state index contributed by atoms with van der Waals surface area (Å²) in [5.41, 5.74) is 1.35. The lowest BCUT2D eigenvalue weighted by molar-refractivity contribution is -0.120. The Labute approximate surface area is 210 Å². The number of hydrogen-bond acceptors (Lipinski definition) is 6. The number of anilines is 2. The van der Waals surface area contributed by atoms with E-state index in [1.165, 1.54) is 0 Å². The molecule has 0 radical (unpaired) electrons. The van der Waals surface area contributed by atoms with E-state index in [0.29, 0.717) is 29.3 Å². The minimum absolute atomic E-state index is 0.0289. The molecule has 2 aliphatic heterocycles. The van der Waals surface area contributed by atoms with Gasteiger partial charge in [-0.1, -0.05) is 17.7 Å². The van der Waals surface area contributed by atoms with Gasteiger partial charge < -0.3 is 19.9 Å². The molecule has 2 heterocycles. The molecule has 0 saturated carbocycles. The van der Waals surface area contributed by atoms with Crippen LogP contribution in [0.15, 0.2) is 59.3 Å². The first-order valence-electron chi connectivity index (χ1n) is 11.6. The maximum atomic E-state index is 13.1. The van der Waals surface area contributed by atoms with Gasteiger partial charge in [-0.3, -0.25) is 14.4 Å². The Morgan fingerprint density at radius 1 is 1.11 bits per heavy atom. The number of nitrogens with one attached hydrogen (secondary N) is 1. The fourth-order valence-electron chi connectivity index (χ4n) is 4.33. The standard InChI is InChI=1S/C26H29ClN4O4/c1-4-35-21-10-8-20(9-11-21)31-25(33)22(27)23(26(31)34)28-18-7-5-6-17(16-18)24(32)30(3)19-12-14-29(2)15-13-19/h5-11,16,19,28H,4,12-15H2,1-3H3. The van der Waals surface area contributed by atoms with Gasteiger partial charge in [0.2, 0.25) is 0 Å². The molecule has 1 fully saturated rings.